The molecule has 30 heavy (non-hydrogen) atoms. The van der Waals surface area contributed by atoms with Crippen molar-refractivity contribution in [2.45, 2.75) is 13.8 Å². The Hall–Kier alpha value is -3.38. The van der Waals surface area contributed by atoms with Gasteiger partial charge in [0.05, 0.1) is 25.0 Å². The van der Waals surface area contributed by atoms with Gasteiger partial charge in [0.2, 0.25) is 0 Å². The average Bonchev–Trinajstić information content (AvgIpc) is 3.09. The lowest BCUT2D eigenvalue weighted by Gasteiger charge is -2.28. The molecule has 0 unspecified atom stereocenters. The molecule has 3 aromatic rings. The number of aryl methyl sites for hydroxylation is 1. The number of rotatable bonds is 5. The summed E-state index contributed by atoms with van der Waals surface area (Å²) in [7, 11) is 0. The quantitative estimate of drug-likeness (QED) is 0.523. The largest absolute Gasteiger partial charge is 0.378 e. The number of aromatic nitrogens is 1. The Kier molecular flexibility index (Phi) is 5.95. The average molecular weight is 402 g/mol. The summed E-state index contributed by atoms with van der Waals surface area (Å²) in [5.41, 5.74) is 8.31. The second-order valence-corrected chi connectivity index (χ2v) is 7.35. The van der Waals surface area contributed by atoms with Crippen LogP contribution >= 0.6 is 0 Å². The molecule has 1 aromatic heterocycles. The highest BCUT2D eigenvalue weighted by molar-refractivity contribution is 5.96. The van der Waals surface area contributed by atoms with Crippen molar-refractivity contribution in [1.82, 2.24) is 9.99 Å². The molecule has 1 saturated heterocycles. The minimum absolute atomic E-state index is 0.216. The molecule has 0 radical (unpaired) electrons. The third kappa shape index (κ3) is 4.28. The van der Waals surface area contributed by atoms with Crippen LogP contribution in [0.25, 0.3) is 5.69 Å². The van der Waals surface area contributed by atoms with Crippen LogP contribution in [-0.4, -0.2) is 43.0 Å². The van der Waals surface area contributed by atoms with Crippen LogP contribution in [0.1, 0.15) is 27.3 Å². The van der Waals surface area contributed by atoms with E-state index in [4.69, 9.17) is 4.74 Å². The van der Waals surface area contributed by atoms with Crippen molar-refractivity contribution in [1.29, 1.82) is 0 Å². The highest BCUT2D eigenvalue weighted by Gasteiger charge is 2.16. The van der Waals surface area contributed by atoms with Crippen molar-refractivity contribution in [3.8, 4) is 5.69 Å². The lowest BCUT2D eigenvalue weighted by Crippen LogP contribution is -2.36. The van der Waals surface area contributed by atoms with Gasteiger partial charge in [-0.1, -0.05) is 30.3 Å². The summed E-state index contributed by atoms with van der Waals surface area (Å²) >= 11 is 0. The zero-order chi connectivity index (χ0) is 20.9. The van der Waals surface area contributed by atoms with Gasteiger partial charge in [0.1, 0.15) is 0 Å². The summed E-state index contributed by atoms with van der Waals surface area (Å²) in [6.45, 7) is 7.29. The lowest BCUT2D eigenvalue weighted by molar-refractivity contribution is 0.0954. The number of ether oxygens (including phenoxy) is 1. The third-order valence-electron chi connectivity index (χ3n) is 5.34. The van der Waals surface area contributed by atoms with E-state index in [1.54, 1.807) is 6.21 Å². The van der Waals surface area contributed by atoms with Gasteiger partial charge in [-0.3, -0.25) is 4.79 Å². The van der Waals surface area contributed by atoms with E-state index < -0.39 is 0 Å². The molecule has 2 heterocycles. The molecular formula is C24H26N4O2. The molecule has 1 amide bonds. The molecule has 0 atom stereocenters. The second-order valence-electron chi connectivity index (χ2n) is 7.35. The molecule has 0 spiro atoms. The number of amides is 1. The van der Waals surface area contributed by atoms with Crippen molar-refractivity contribution in [2.24, 2.45) is 5.10 Å². The highest BCUT2D eigenvalue weighted by atomic mass is 16.5. The number of carbonyl (C=O) groups excluding carboxylic acids is 1. The SMILES string of the molecule is Cc1cc(C(=O)N/N=C\c2ccc(N3CCOCC3)cc2)c(C)n1-c1ccccc1. The van der Waals surface area contributed by atoms with E-state index in [0.29, 0.717) is 5.56 Å². The summed E-state index contributed by atoms with van der Waals surface area (Å²) in [6, 6.07) is 20.1. The summed E-state index contributed by atoms with van der Waals surface area (Å²) in [4.78, 5) is 15.0. The molecule has 0 saturated carbocycles. The van der Waals surface area contributed by atoms with Crippen molar-refractivity contribution in [3.05, 3.63) is 83.2 Å². The Morgan fingerprint density at radius 2 is 1.70 bits per heavy atom. The summed E-state index contributed by atoms with van der Waals surface area (Å²) in [5.74, 6) is -0.216. The zero-order valence-electron chi connectivity index (χ0n) is 17.3. The first-order valence-electron chi connectivity index (χ1n) is 10.1. The fourth-order valence-corrected chi connectivity index (χ4v) is 3.79. The van der Waals surface area contributed by atoms with E-state index in [1.807, 2.05) is 62.4 Å². The van der Waals surface area contributed by atoms with Crippen LogP contribution in [-0.2, 0) is 4.74 Å². The molecule has 1 N–H and O–H groups in total. The van der Waals surface area contributed by atoms with E-state index in [-0.39, 0.29) is 5.91 Å². The van der Waals surface area contributed by atoms with Gasteiger partial charge in [-0.05, 0) is 49.7 Å². The predicted molar refractivity (Wildman–Crippen MR) is 120 cm³/mol. The summed E-state index contributed by atoms with van der Waals surface area (Å²) in [6.07, 6.45) is 1.66. The van der Waals surface area contributed by atoms with E-state index in [2.05, 4.69) is 32.1 Å². The number of nitrogens with zero attached hydrogens (tertiary/aromatic N) is 3. The highest BCUT2D eigenvalue weighted by Crippen LogP contribution is 2.20. The van der Waals surface area contributed by atoms with Crippen molar-refractivity contribution in [2.75, 3.05) is 31.2 Å². The number of hydrogen-bond donors (Lipinski definition) is 1. The van der Waals surface area contributed by atoms with Crippen molar-refractivity contribution in [3.63, 3.8) is 0 Å². The van der Waals surface area contributed by atoms with Gasteiger partial charge in [-0.2, -0.15) is 5.10 Å². The first-order valence-corrected chi connectivity index (χ1v) is 10.1. The van der Waals surface area contributed by atoms with Crippen molar-refractivity contribution >= 4 is 17.8 Å². The van der Waals surface area contributed by atoms with Gasteiger partial charge in [0, 0.05) is 35.9 Å². The predicted octanol–water partition coefficient (Wildman–Crippen LogP) is 3.69. The number of hydrogen-bond acceptors (Lipinski definition) is 4. The fraction of sp³-hybridized carbons (Fsp3) is 0.250. The maximum Gasteiger partial charge on any atom is 0.273 e. The van der Waals surface area contributed by atoms with E-state index in [0.717, 1.165) is 48.9 Å². The lowest BCUT2D eigenvalue weighted by atomic mass is 10.2. The van der Waals surface area contributed by atoms with Crippen LogP contribution in [0, 0.1) is 13.8 Å². The maximum atomic E-state index is 12.7. The van der Waals surface area contributed by atoms with Crippen LogP contribution in [0.5, 0.6) is 0 Å². The van der Waals surface area contributed by atoms with Crippen LogP contribution in [0.2, 0.25) is 0 Å². The Balaban J connectivity index is 1.42. The number of benzene rings is 2. The molecule has 1 fully saturated rings. The minimum Gasteiger partial charge on any atom is -0.378 e. The normalized spacial score (nSPS) is 14.3. The topological polar surface area (TPSA) is 58.9 Å². The van der Waals surface area contributed by atoms with Gasteiger partial charge < -0.3 is 14.2 Å². The molecule has 6 heteroatoms. The summed E-state index contributed by atoms with van der Waals surface area (Å²) < 4.78 is 7.47. The number of hydrazone groups is 1. The molecule has 0 aliphatic carbocycles. The van der Waals surface area contributed by atoms with Crippen LogP contribution in [0.4, 0.5) is 5.69 Å². The number of morpholine rings is 1. The maximum absolute atomic E-state index is 12.7. The van der Waals surface area contributed by atoms with Gasteiger partial charge >= 0.3 is 0 Å². The number of nitrogens with one attached hydrogen (secondary N) is 1. The third-order valence-corrected chi connectivity index (χ3v) is 5.34. The zero-order valence-corrected chi connectivity index (χ0v) is 17.3. The van der Waals surface area contributed by atoms with Crippen molar-refractivity contribution < 1.29 is 9.53 Å². The Morgan fingerprint density at radius 3 is 2.40 bits per heavy atom. The fourth-order valence-electron chi connectivity index (χ4n) is 3.79. The molecule has 0 bridgehead atoms. The summed E-state index contributed by atoms with van der Waals surface area (Å²) in [5, 5.41) is 4.15. The van der Waals surface area contributed by atoms with Crippen LogP contribution < -0.4 is 10.3 Å². The Labute approximate surface area is 176 Å². The Morgan fingerprint density at radius 1 is 1.00 bits per heavy atom. The smallest absolute Gasteiger partial charge is 0.273 e. The van der Waals surface area contributed by atoms with Crippen LogP contribution in [0.3, 0.4) is 0 Å². The standard InChI is InChI=1S/C24H26N4O2/c1-18-16-23(19(2)28(18)22-6-4-3-5-7-22)24(29)26-25-17-20-8-10-21(11-9-20)27-12-14-30-15-13-27/h3-11,16-17H,12-15H2,1-2H3,(H,26,29)/b25-17-. The molecule has 6 nitrogen and oxygen atoms in total. The van der Waals surface area contributed by atoms with E-state index >= 15 is 0 Å². The molecule has 154 valence electrons. The number of para-hydroxylation sites is 1. The second kappa shape index (κ2) is 8.97. The van der Waals surface area contributed by atoms with Gasteiger partial charge in [-0.15, -0.1) is 0 Å². The monoisotopic (exact) mass is 402 g/mol. The number of carbonyl (C=O) groups is 1. The van der Waals surface area contributed by atoms with Crippen LogP contribution in [0.15, 0.2) is 65.8 Å². The minimum atomic E-state index is -0.216. The molecule has 4 rings (SSSR count). The van der Waals surface area contributed by atoms with E-state index in [9.17, 15) is 4.79 Å². The van der Waals surface area contributed by atoms with Gasteiger partial charge in [-0.25, -0.2) is 5.43 Å². The molecule has 1 aliphatic rings. The first-order chi connectivity index (χ1) is 14.6. The van der Waals surface area contributed by atoms with E-state index in [1.165, 1.54) is 5.69 Å². The van der Waals surface area contributed by atoms with Gasteiger partial charge in [0.15, 0.2) is 0 Å². The number of anilines is 1. The van der Waals surface area contributed by atoms with Gasteiger partial charge in [0.25, 0.3) is 5.91 Å². The first kappa shape index (κ1) is 19.9. The molecule has 1 aliphatic heterocycles. The molecule has 2 aromatic carbocycles. The molecular weight excluding hydrogens is 376 g/mol. The Bertz CT molecular complexity index is 1030.